The van der Waals surface area contributed by atoms with Crippen LogP contribution >= 0.6 is 0 Å². The van der Waals surface area contributed by atoms with Crippen molar-refractivity contribution in [1.82, 2.24) is 4.72 Å². The molecule has 4 aromatic carbocycles. The Kier molecular flexibility index (Phi) is 7.40. The van der Waals surface area contributed by atoms with E-state index in [4.69, 9.17) is 0 Å². The van der Waals surface area contributed by atoms with Gasteiger partial charge in [-0.1, -0.05) is 78.4 Å². The maximum absolute atomic E-state index is 14.5. The number of para-hydroxylation sites is 1. The molecule has 0 fully saturated rings. The Bertz CT molecular complexity index is 1830. The van der Waals surface area contributed by atoms with E-state index in [0.29, 0.717) is 28.0 Å². The number of anilines is 1. The zero-order valence-corrected chi connectivity index (χ0v) is 24.8. The summed E-state index contributed by atoms with van der Waals surface area (Å²) in [5, 5.41) is 0. The summed E-state index contributed by atoms with van der Waals surface area (Å²) in [6.45, 7) is 6.61. The van der Waals surface area contributed by atoms with Gasteiger partial charge in [-0.2, -0.15) is 0 Å². The van der Waals surface area contributed by atoms with Crippen LogP contribution < -0.4 is 9.03 Å². The molecular weight excluding hydrogens is 559 g/mol. The minimum atomic E-state index is -4.24. The lowest BCUT2D eigenvalue weighted by Gasteiger charge is -2.29. The quantitative estimate of drug-likeness (QED) is 0.276. The van der Waals surface area contributed by atoms with Crippen molar-refractivity contribution in [3.05, 3.63) is 137 Å². The van der Waals surface area contributed by atoms with Crippen LogP contribution in [0.4, 0.5) is 10.1 Å². The summed E-state index contributed by atoms with van der Waals surface area (Å²) in [5.41, 5.74) is 3.56. The van der Waals surface area contributed by atoms with Crippen molar-refractivity contribution in [3.8, 4) is 0 Å². The highest BCUT2D eigenvalue weighted by Crippen LogP contribution is 2.50. The maximum atomic E-state index is 14.5. The molecule has 0 bridgehead atoms. The predicted molar refractivity (Wildman–Crippen MR) is 161 cm³/mol. The SMILES string of the molecule is Cc1ccc(S(=O)(=O)N2/C(=C(\c3ccccc3)c3ccc(F)cc3)[C@@H](NS(=O)(=O)C(C)(C)C)c3ccccc32)cc1. The second-order valence-corrected chi connectivity index (χ2v) is 15.2. The molecule has 1 heterocycles. The van der Waals surface area contributed by atoms with Crippen LogP contribution in [0.5, 0.6) is 0 Å². The van der Waals surface area contributed by atoms with Crippen LogP contribution in [0.3, 0.4) is 0 Å². The van der Waals surface area contributed by atoms with Crippen molar-refractivity contribution in [2.24, 2.45) is 0 Å². The summed E-state index contributed by atoms with van der Waals surface area (Å²) in [6.07, 6.45) is 0. The first kappa shape index (κ1) is 28.7. The Labute approximate surface area is 241 Å². The molecule has 0 aliphatic carbocycles. The Balaban J connectivity index is 1.91. The number of aryl methyl sites for hydroxylation is 1. The standard InChI is InChI=1S/C32H31FN2O4S2/c1-22-14-20-26(21-15-22)40(36,37)35-28-13-9-8-12-27(28)30(34-41(38,39)32(2,3)4)31(35)29(23-10-6-5-7-11-23)24-16-18-25(33)19-17-24/h5-21,30,34H,1-4H3/b31-29+/t30-/m0/s1. The lowest BCUT2D eigenvalue weighted by atomic mass is 9.93. The molecule has 1 aliphatic rings. The molecular formula is C32H31FN2O4S2. The van der Waals surface area contributed by atoms with Gasteiger partial charge in [0.2, 0.25) is 10.0 Å². The van der Waals surface area contributed by atoms with Crippen molar-refractivity contribution in [2.45, 2.75) is 43.4 Å². The van der Waals surface area contributed by atoms with Crippen LogP contribution in [0.2, 0.25) is 0 Å². The van der Waals surface area contributed by atoms with Gasteiger partial charge in [0.05, 0.1) is 27.1 Å². The van der Waals surface area contributed by atoms with Crippen LogP contribution in [-0.4, -0.2) is 21.6 Å². The molecule has 0 unspecified atom stereocenters. The first-order valence-corrected chi connectivity index (χ1v) is 16.0. The number of halogens is 1. The zero-order chi connectivity index (χ0) is 29.6. The lowest BCUT2D eigenvalue weighted by Crippen LogP contribution is -2.42. The molecule has 0 spiro atoms. The average Bonchev–Trinajstić information content (AvgIpc) is 3.24. The second kappa shape index (κ2) is 10.6. The number of hydrogen-bond acceptors (Lipinski definition) is 4. The summed E-state index contributed by atoms with van der Waals surface area (Å²) >= 11 is 0. The van der Waals surface area contributed by atoms with Gasteiger partial charge in [0.25, 0.3) is 10.0 Å². The fourth-order valence-electron chi connectivity index (χ4n) is 4.77. The van der Waals surface area contributed by atoms with Crippen LogP contribution in [0, 0.1) is 12.7 Å². The summed E-state index contributed by atoms with van der Waals surface area (Å²) in [5.74, 6) is -0.449. The number of rotatable bonds is 6. The molecule has 0 saturated heterocycles. The van der Waals surface area contributed by atoms with Crippen LogP contribution in [0.1, 0.15) is 49.1 Å². The Morgan fingerprint density at radius 1 is 0.756 bits per heavy atom. The third kappa shape index (κ3) is 5.32. The third-order valence-corrected chi connectivity index (χ3v) is 10.9. The highest BCUT2D eigenvalue weighted by molar-refractivity contribution is 7.93. The van der Waals surface area contributed by atoms with Crippen LogP contribution in [0.15, 0.2) is 114 Å². The Hall–Kier alpha value is -3.79. The molecule has 1 aliphatic heterocycles. The van der Waals surface area contributed by atoms with Gasteiger partial charge in [-0.25, -0.2) is 30.3 Å². The Morgan fingerprint density at radius 2 is 1.32 bits per heavy atom. The molecule has 5 rings (SSSR count). The maximum Gasteiger partial charge on any atom is 0.268 e. The molecule has 1 N–H and O–H groups in total. The van der Waals surface area contributed by atoms with Gasteiger partial charge in [-0.3, -0.25) is 0 Å². The van der Waals surface area contributed by atoms with E-state index < -0.39 is 36.7 Å². The topological polar surface area (TPSA) is 83.6 Å². The molecule has 1 atom stereocenters. The minimum absolute atomic E-state index is 0.0567. The molecule has 212 valence electrons. The van der Waals surface area contributed by atoms with Gasteiger partial charge in [-0.05, 0) is 69.2 Å². The smallest absolute Gasteiger partial charge is 0.236 e. The summed E-state index contributed by atoms with van der Waals surface area (Å²) in [7, 11) is -8.21. The number of hydrogen-bond donors (Lipinski definition) is 1. The van der Waals surface area contributed by atoms with Gasteiger partial charge in [0.15, 0.2) is 0 Å². The zero-order valence-electron chi connectivity index (χ0n) is 23.2. The number of nitrogens with one attached hydrogen (secondary N) is 1. The van der Waals surface area contributed by atoms with Gasteiger partial charge in [0.1, 0.15) is 5.82 Å². The highest BCUT2D eigenvalue weighted by Gasteiger charge is 2.46. The minimum Gasteiger partial charge on any atom is -0.236 e. The molecule has 6 nitrogen and oxygen atoms in total. The van der Waals surface area contributed by atoms with Crippen LogP contribution in [0.25, 0.3) is 5.57 Å². The van der Waals surface area contributed by atoms with Gasteiger partial charge < -0.3 is 0 Å². The molecule has 0 aromatic heterocycles. The van der Waals surface area contributed by atoms with Crippen molar-refractivity contribution >= 4 is 31.3 Å². The molecule has 4 aromatic rings. The monoisotopic (exact) mass is 590 g/mol. The van der Waals surface area contributed by atoms with Gasteiger partial charge in [0, 0.05) is 11.1 Å². The fraction of sp³-hybridized carbons (Fsp3) is 0.188. The number of benzene rings is 4. The van der Waals surface area contributed by atoms with Gasteiger partial charge in [-0.15, -0.1) is 0 Å². The van der Waals surface area contributed by atoms with E-state index in [1.165, 1.54) is 28.6 Å². The highest BCUT2D eigenvalue weighted by atomic mass is 32.2. The number of sulfonamides is 2. The largest absolute Gasteiger partial charge is 0.268 e. The summed E-state index contributed by atoms with van der Waals surface area (Å²) in [6, 6.07) is 27.2. The molecule has 9 heteroatoms. The lowest BCUT2D eigenvalue weighted by molar-refractivity contribution is 0.536. The van der Waals surface area contributed by atoms with Crippen molar-refractivity contribution < 1.29 is 21.2 Å². The molecule has 0 radical (unpaired) electrons. The van der Waals surface area contributed by atoms with E-state index in [2.05, 4.69) is 4.72 Å². The first-order chi connectivity index (χ1) is 19.3. The first-order valence-electron chi connectivity index (χ1n) is 13.1. The number of nitrogens with zero attached hydrogens (tertiary/aromatic N) is 1. The average molecular weight is 591 g/mol. The summed E-state index contributed by atoms with van der Waals surface area (Å²) < 4.78 is 73.2. The predicted octanol–water partition coefficient (Wildman–Crippen LogP) is 6.56. The second-order valence-electron chi connectivity index (χ2n) is 10.9. The molecule has 0 saturated carbocycles. The van der Waals surface area contributed by atoms with E-state index in [0.717, 1.165) is 5.56 Å². The van der Waals surface area contributed by atoms with Crippen molar-refractivity contribution in [3.63, 3.8) is 0 Å². The van der Waals surface area contributed by atoms with E-state index in [9.17, 15) is 21.2 Å². The van der Waals surface area contributed by atoms with E-state index >= 15 is 0 Å². The van der Waals surface area contributed by atoms with E-state index in [1.54, 1.807) is 69.3 Å². The normalized spacial score (nSPS) is 16.9. The molecule has 0 amide bonds. The summed E-state index contributed by atoms with van der Waals surface area (Å²) in [4.78, 5) is 0.0567. The number of fused-ring (bicyclic) bond motifs is 1. The van der Waals surface area contributed by atoms with Crippen molar-refractivity contribution in [1.29, 1.82) is 0 Å². The Morgan fingerprint density at radius 3 is 1.93 bits per heavy atom. The van der Waals surface area contributed by atoms with E-state index in [-0.39, 0.29) is 10.6 Å². The van der Waals surface area contributed by atoms with Gasteiger partial charge >= 0.3 is 0 Å². The fourth-order valence-corrected chi connectivity index (χ4v) is 7.24. The third-order valence-electron chi connectivity index (χ3n) is 7.05. The van der Waals surface area contributed by atoms with Crippen molar-refractivity contribution in [2.75, 3.05) is 4.31 Å². The van der Waals surface area contributed by atoms with E-state index in [1.807, 2.05) is 37.3 Å². The van der Waals surface area contributed by atoms with Crippen LogP contribution in [-0.2, 0) is 20.0 Å². The molecule has 41 heavy (non-hydrogen) atoms.